The van der Waals surface area contributed by atoms with E-state index in [2.05, 4.69) is 20.3 Å². The van der Waals surface area contributed by atoms with Crippen molar-refractivity contribution in [2.24, 2.45) is 0 Å². The molecule has 0 spiro atoms. The Morgan fingerprint density at radius 1 is 1.41 bits per heavy atom. The molecule has 1 heterocycles. The van der Waals surface area contributed by atoms with Gasteiger partial charge in [0.15, 0.2) is 0 Å². The number of aromatic amines is 1. The number of amides is 1. The first kappa shape index (κ1) is 14.4. The minimum atomic E-state index is -3.05. The van der Waals surface area contributed by atoms with Crippen molar-refractivity contribution in [3.8, 4) is 5.75 Å². The fourth-order valence-electron chi connectivity index (χ4n) is 2.14. The van der Waals surface area contributed by atoms with Crippen LogP contribution in [0.1, 0.15) is 34.7 Å². The number of nitrogens with one attached hydrogen (secondary N) is 2. The van der Waals surface area contributed by atoms with Crippen molar-refractivity contribution < 1.29 is 22.7 Å². The molecule has 0 aliphatic heterocycles. The van der Waals surface area contributed by atoms with Gasteiger partial charge in [-0.15, -0.1) is 0 Å². The number of anilines is 1. The van der Waals surface area contributed by atoms with Crippen molar-refractivity contribution >= 4 is 11.7 Å². The van der Waals surface area contributed by atoms with Crippen LogP contribution in [0.4, 0.5) is 19.0 Å². The van der Waals surface area contributed by atoms with Gasteiger partial charge in [-0.3, -0.25) is 9.89 Å². The van der Waals surface area contributed by atoms with Gasteiger partial charge in [0.2, 0.25) is 0 Å². The van der Waals surface area contributed by atoms with Crippen LogP contribution in [0.3, 0.4) is 0 Å². The maximum Gasteiger partial charge on any atom is 0.387 e. The molecule has 0 atom stereocenters. The van der Waals surface area contributed by atoms with E-state index in [1.807, 2.05) is 0 Å². The third kappa shape index (κ3) is 3.05. The molecular weight excluding hydrogens is 299 g/mol. The number of aromatic nitrogens is 2. The van der Waals surface area contributed by atoms with E-state index in [1.54, 1.807) is 6.20 Å². The molecule has 0 bridgehead atoms. The van der Waals surface area contributed by atoms with Gasteiger partial charge >= 0.3 is 6.61 Å². The molecule has 1 saturated carbocycles. The van der Waals surface area contributed by atoms with E-state index >= 15 is 0 Å². The van der Waals surface area contributed by atoms with E-state index in [0.29, 0.717) is 11.7 Å². The Morgan fingerprint density at radius 2 is 2.18 bits per heavy atom. The van der Waals surface area contributed by atoms with Gasteiger partial charge in [-0.25, -0.2) is 4.39 Å². The zero-order valence-electron chi connectivity index (χ0n) is 11.3. The first-order valence-electron chi connectivity index (χ1n) is 6.63. The summed E-state index contributed by atoms with van der Waals surface area (Å²) in [6.07, 6.45) is 3.68. The monoisotopic (exact) mass is 311 g/mol. The van der Waals surface area contributed by atoms with Crippen LogP contribution in [0.25, 0.3) is 0 Å². The first-order valence-corrected chi connectivity index (χ1v) is 6.63. The number of carbonyl (C=O) groups is 1. The highest BCUT2D eigenvalue weighted by atomic mass is 19.3. The number of nitrogens with zero attached hydrogens (tertiary/aromatic N) is 1. The molecule has 1 fully saturated rings. The Hall–Kier alpha value is -2.51. The average molecular weight is 311 g/mol. The molecule has 3 rings (SSSR count). The standard InChI is InChI=1S/C14H12F3N3O2/c15-11-5-8(22-14(16)17)3-4-9(11)13(21)19-12-10(6-18-20-12)7-1-2-7/h3-7,14H,1-2H2,(H2,18,19,20,21). The summed E-state index contributed by atoms with van der Waals surface area (Å²) in [6.45, 7) is -3.05. The first-order chi connectivity index (χ1) is 10.5. The SMILES string of the molecule is O=C(Nc1[nH]ncc1C1CC1)c1ccc(OC(F)F)cc1F. The van der Waals surface area contributed by atoms with E-state index in [1.165, 1.54) is 0 Å². The second-order valence-electron chi connectivity index (χ2n) is 4.95. The molecule has 8 heteroatoms. The number of alkyl halides is 2. The van der Waals surface area contributed by atoms with Crippen LogP contribution in [-0.2, 0) is 0 Å². The lowest BCUT2D eigenvalue weighted by molar-refractivity contribution is -0.0499. The number of carbonyl (C=O) groups excluding carboxylic acids is 1. The summed E-state index contributed by atoms with van der Waals surface area (Å²) in [4.78, 5) is 12.1. The lowest BCUT2D eigenvalue weighted by Crippen LogP contribution is -2.15. The molecule has 5 nitrogen and oxygen atoms in total. The number of hydrogen-bond donors (Lipinski definition) is 2. The average Bonchev–Trinajstić information content (AvgIpc) is 3.18. The van der Waals surface area contributed by atoms with Gasteiger partial charge in [-0.1, -0.05) is 0 Å². The number of hydrogen-bond acceptors (Lipinski definition) is 3. The van der Waals surface area contributed by atoms with Crippen LogP contribution < -0.4 is 10.1 Å². The van der Waals surface area contributed by atoms with Crippen molar-refractivity contribution in [3.05, 3.63) is 41.3 Å². The maximum atomic E-state index is 13.8. The molecule has 116 valence electrons. The summed E-state index contributed by atoms with van der Waals surface area (Å²) in [6, 6.07) is 2.95. The highest BCUT2D eigenvalue weighted by Gasteiger charge is 2.28. The molecule has 1 aromatic heterocycles. The van der Waals surface area contributed by atoms with Crippen molar-refractivity contribution in [2.45, 2.75) is 25.4 Å². The van der Waals surface area contributed by atoms with E-state index in [9.17, 15) is 18.0 Å². The smallest absolute Gasteiger partial charge is 0.387 e. The number of ether oxygens (including phenoxy) is 1. The molecule has 22 heavy (non-hydrogen) atoms. The molecule has 0 radical (unpaired) electrons. The number of H-pyrrole nitrogens is 1. The van der Waals surface area contributed by atoms with Gasteiger partial charge in [0, 0.05) is 11.6 Å². The summed E-state index contributed by atoms with van der Waals surface area (Å²) >= 11 is 0. The minimum Gasteiger partial charge on any atom is -0.435 e. The summed E-state index contributed by atoms with van der Waals surface area (Å²) < 4.78 is 42.0. The molecule has 1 aliphatic rings. The second-order valence-corrected chi connectivity index (χ2v) is 4.95. The molecule has 2 N–H and O–H groups in total. The van der Waals surface area contributed by atoms with Gasteiger partial charge in [-0.2, -0.15) is 13.9 Å². The van der Waals surface area contributed by atoms with E-state index in [4.69, 9.17) is 0 Å². The summed E-state index contributed by atoms with van der Waals surface area (Å²) in [5, 5.41) is 9.06. The molecule has 0 saturated heterocycles. The quantitative estimate of drug-likeness (QED) is 0.890. The molecule has 1 amide bonds. The Morgan fingerprint density at radius 3 is 2.82 bits per heavy atom. The second kappa shape index (κ2) is 5.70. The topological polar surface area (TPSA) is 67.0 Å². The van der Waals surface area contributed by atoms with Crippen LogP contribution >= 0.6 is 0 Å². The zero-order valence-corrected chi connectivity index (χ0v) is 11.3. The molecular formula is C14H12F3N3O2. The number of halogens is 3. The number of rotatable bonds is 5. The summed E-state index contributed by atoms with van der Waals surface area (Å²) in [5.74, 6) is -1.18. The number of benzene rings is 1. The van der Waals surface area contributed by atoms with Crippen LogP contribution in [0.15, 0.2) is 24.4 Å². The van der Waals surface area contributed by atoms with Gasteiger partial charge in [0.05, 0.1) is 11.8 Å². The van der Waals surface area contributed by atoms with E-state index in [0.717, 1.165) is 36.6 Å². The Kier molecular flexibility index (Phi) is 3.74. The van der Waals surface area contributed by atoms with Gasteiger partial charge in [0.25, 0.3) is 5.91 Å². The zero-order chi connectivity index (χ0) is 15.7. The van der Waals surface area contributed by atoms with Crippen molar-refractivity contribution in [1.82, 2.24) is 10.2 Å². The van der Waals surface area contributed by atoms with E-state index in [-0.39, 0.29) is 11.3 Å². The summed E-state index contributed by atoms with van der Waals surface area (Å²) in [7, 11) is 0. The molecule has 0 unspecified atom stereocenters. The lowest BCUT2D eigenvalue weighted by Gasteiger charge is -2.08. The van der Waals surface area contributed by atoms with E-state index < -0.39 is 18.3 Å². The Bertz CT molecular complexity index is 698. The van der Waals surface area contributed by atoms with Crippen molar-refractivity contribution in [1.29, 1.82) is 0 Å². The van der Waals surface area contributed by atoms with Crippen LogP contribution in [0.5, 0.6) is 5.75 Å². The van der Waals surface area contributed by atoms with Crippen LogP contribution in [-0.4, -0.2) is 22.7 Å². The highest BCUT2D eigenvalue weighted by Crippen LogP contribution is 2.42. The van der Waals surface area contributed by atoms with Crippen LogP contribution in [0, 0.1) is 5.82 Å². The summed E-state index contributed by atoms with van der Waals surface area (Å²) in [5.41, 5.74) is 0.615. The van der Waals surface area contributed by atoms with Gasteiger partial charge in [0.1, 0.15) is 17.4 Å². The maximum absolute atomic E-state index is 13.8. The fourth-order valence-corrected chi connectivity index (χ4v) is 2.14. The van der Waals surface area contributed by atoms with Gasteiger partial charge in [-0.05, 0) is 30.9 Å². The van der Waals surface area contributed by atoms with Gasteiger partial charge < -0.3 is 10.1 Å². The molecule has 1 aliphatic carbocycles. The fraction of sp³-hybridized carbons (Fsp3) is 0.286. The normalized spacial score (nSPS) is 14.2. The molecule has 1 aromatic carbocycles. The minimum absolute atomic E-state index is 0.266. The largest absolute Gasteiger partial charge is 0.435 e. The van der Waals surface area contributed by atoms with Crippen molar-refractivity contribution in [3.63, 3.8) is 0 Å². The third-order valence-corrected chi connectivity index (χ3v) is 3.33. The predicted octanol–water partition coefficient (Wildman–Crippen LogP) is 3.28. The Labute approximate surface area is 123 Å². The molecule has 2 aromatic rings. The van der Waals surface area contributed by atoms with Crippen molar-refractivity contribution in [2.75, 3.05) is 5.32 Å². The van der Waals surface area contributed by atoms with Crippen LogP contribution in [0.2, 0.25) is 0 Å². The highest BCUT2D eigenvalue weighted by molar-refractivity contribution is 6.04. The third-order valence-electron chi connectivity index (χ3n) is 3.33. The lowest BCUT2D eigenvalue weighted by atomic mass is 10.1. The Balaban J connectivity index is 1.75. The predicted molar refractivity (Wildman–Crippen MR) is 71.5 cm³/mol.